The van der Waals surface area contributed by atoms with Crippen molar-refractivity contribution in [3.8, 4) is 0 Å². The Morgan fingerprint density at radius 3 is 2.67 bits per heavy atom. The summed E-state index contributed by atoms with van der Waals surface area (Å²) in [6.45, 7) is 0. The van der Waals surface area contributed by atoms with Crippen molar-refractivity contribution < 1.29 is 9.18 Å². The smallest absolute Gasteiger partial charge is 0.167 e. The van der Waals surface area contributed by atoms with Crippen molar-refractivity contribution in [2.45, 2.75) is 6.42 Å². The Balaban J connectivity index is 2.19. The van der Waals surface area contributed by atoms with Crippen LogP contribution in [0, 0.1) is 5.82 Å². The summed E-state index contributed by atoms with van der Waals surface area (Å²) in [5.74, 6) is -0.574. The van der Waals surface area contributed by atoms with Gasteiger partial charge in [0.15, 0.2) is 5.78 Å². The third kappa shape index (κ3) is 3.18. The predicted octanol–water partition coefficient (Wildman–Crippen LogP) is 4.67. The van der Waals surface area contributed by atoms with Crippen LogP contribution in [0.1, 0.15) is 15.9 Å². The van der Waals surface area contributed by atoms with Crippen molar-refractivity contribution in [3.05, 3.63) is 68.9 Å². The number of hydrogen-bond acceptors (Lipinski definition) is 1. The van der Waals surface area contributed by atoms with Crippen molar-refractivity contribution >= 4 is 33.3 Å². The summed E-state index contributed by atoms with van der Waals surface area (Å²) in [4.78, 5) is 12.0. The van der Waals surface area contributed by atoms with Crippen LogP contribution in [-0.2, 0) is 6.42 Å². The van der Waals surface area contributed by atoms with Gasteiger partial charge in [0.1, 0.15) is 5.82 Å². The number of benzene rings is 2. The Kier molecular flexibility index (Phi) is 4.15. The molecule has 18 heavy (non-hydrogen) atoms. The van der Waals surface area contributed by atoms with Gasteiger partial charge in [-0.2, -0.15) is 0 Å². The maximum Gasteiger partial charge on any atom is 0.167 e. The topological polar surface area (TPSA) is 17.1 Å². The molecule has 0 N–H and O–H groups in total. The van der Waals surface area contributed by atoms with Gasteiger partial charge in [-0.25, -0.2) is 4.39 Å². The Labute approximate surface area is 118 Å². The molecule has 0 bridgehead atoms. The quantitative estimate of drug-likeness (QED) is 0.749. The van der Waals surface area contributed by atoms with Crippen LogP contribution in [0.4, 0.5) is 4.39 Å². The van der Waals surface area contributed by atoms with E-state index in [0.29, 0.717) is 15.1 Å². The summed E-state index contributed by atoms with van der Waals surface area (Å²) in [6.07, 6.45) is 0.210. The highest BCUT2D eigenvalue weighted by molar-refractivity contribution is 9.10. The van der Waals surface area contributed by atoms with Crippen LogP contribution < -0.4 is 0 Å². The SMILES string of the molecule is O=C(Cc1cccc(Cl)c1)c1ccc(Br)c(F)c1. The van der Waals surface area contributed by atoms with Crippen molar-refractivity contribution in [1.29, 1.82) is 0 Å². The number of carbonyl (C=O) groups is 1. The molecule has 0 amide bonds. The van der Waals surface area contributed by atoms with Crippen LogP contribution in [0.5, 0.6) is 0 Å². The Morgan fingerprint density at radius 1 is 1.22 bits per heavy atom. The van der Waals surface area contributed by atoms with Crippen LogP contribution in [0.15, 0.2) is 46.9 Å². The third-order valence-electron chi connectivity index (χ3n) is 2.50. The van der Waals surface area contributed by atoms with E-state index in [-0.39, 0.29) is 12.2 Å². The molecule has 0 aliphatic heterocycles. The molecule has 0 saturated carbocycles. The van der Waals surface area contributed by atoms with E-state index in [1.165, 1.54) is 12.1 Å². The predicted molar refractivity (Wildman–Crippen MR) is 73.6 cm³/mol. The van der Waals surface area contributed by atoms with E-state index >= 15 is 0 Å². The van der Waals surface area contributed by atoms with Gasteiger partial charge < -0.3 is 0 Å². The fourth-order valence-electron chi connectivity index (χ4n) is 1.60. The molecule has 0 aliphatic rings. The van der Waals surface area contributed by atoms with Crippen molar-refractivity contribution in [2.24, 2.45) is 0 Å². The van der Waals surface area contributed by atoms with Crippen LogP contribution in [-0.4, -0.2) is 5.78 Å². The third-order valence-corrected chi connectivity index (χ3v) is 3.37. The molecule has 2 aromatic carbocycles. The van der Waals surface area contributed by atoms with Gasteiger partial charge in [-0.3, -0.25) is 4.79 Å². The van der Waals surface area contributed by atoms with Crippen molar-refractivity contribution in [2.75, 3.05) is 0 Å². The van der Waals surface area contributed by atoms with E-state index in [1.54, 1.807) is 24.3 Å². The molecule has 4 heteroatoms. The molecular formula is C14H9BrClFO. The molecule has 0 saturated heterocycles. The second-order valence-corrected chi connectivity index (χ2v) is 5.15. The largest absolute Gasteiger partial charge is 0.294 e. The van der Waals surface area contributed by atoms with E-state index in [4.69, 9.17) is 11.6 Å². The standard InChI is InChI=1S/C14H9BrClFO/c15-12-5-4-10(8-13(12)17)14(18)7-9-2-1-3-11(16)6-9/h1-6,8H,7H2. The lowest BCUT2D eigenvalue weighted by molar-refractivity contribution is 0.0992. The first kappa shape index (κ1) is 13.2. The Hall–Kier alpha value is -1.19. The fraction of sp³-hybridized carbons (Fsp3) is 0.0714. The molecule has 1 nitrogen and oxygen atoms in total. The zero-order valence-electron chi connectivity index (χ0n) is 9.29. The number of carbonyl (C=O) groups excluding carboxylic acids is 1. The van der Waals surface area contributed by atoms with Gasteiger partial charge in [-0.1, -0.05) is 29.8 Å². The van der Waals surface area contributed by atoms with Crippen molar-refractivity contribution in [1.82, 2.24) is 0 Å². The van der Waals surface area contributed by atoms with Crippen LogP contribution in [0.2, 0.25) is 5.02 Å². The van der Waals surface area contributed by atoms with Gasteiger partial charge >= 0.3 is 0 Å². The fourth-order valence-corrected chi connectivity index (χ4v) is 2.06. The summed E-state index contributed by atoms with van der Waals surface area (Å²) in [7, 11) is 0. The highest BCUT2D eigenvalue weighted by Crippen LogP contribution is 2.18. The van der Waals surface area contributed by atoms with Gasteiger partial charge in [-0.15, -0.1) is 0 Å². The Morgan fingerprint density at radius 2 is 2.00 bits per heavy atom. The monoisotopic (exact) mass is 326 g/mol. The molecule has 0 aromatic heterocycles. The van der Waals surface area contributed by atoms with E-state index in [0.717, 1.165) is 5.56 Å². The molecule has 0 spiro atoms. The molecule has 0 heterocycles. The highest BCUT2D eigenvalue weighted by atomic mass is 79.9. The van der Waals surface area contributed by atoms with E-state index < -0.39 is 5.82 Å². The number of Topliss-reactive ketones (excluding diaryl/α,β-unsaturated/α-hetero) is 1. The summed E-state index contributed by atoms with van der Waals surface area (Å²) in [5.41, 5.74) is 1.17. The van der Waals surface area contributed by atoms with Gasteiger partial charge in [0, 0.05) is 17.0 Å². The average Bonchev–Trinajstić information content (AvgIpc) is 2.32. The molecule has 0 unspecified atom stereocenters. The average molecular weight is 328 g/mol. The minimum atomic E-state index is -0.438. The first-order valence-corrected chi connectivity index (χ1v) is 6.46. The van der Waals surface area contributed by atoms with Gasteiger partial charge in [-0.05, 0) is 45.8 Å². The van der Waals surface area contributed by atoms with Crippen LogP contribution in [0.3, 0.4) is 0 Å². The first-order chi connectivity index (χ1) is 8.56. The molecule has 2 rings (SSSR count). The highest BCUT2D eigenvalue weighted by Gasteiger charge is 2.09. The second-order valence-electron chi connectivity index (χ2n) is 3.86. The minimum Gasteiger partial charge on any atom is -0.294 e. The van der Waals surface area contributed by atoms with Crippen molar-refractivity contribution in [3.63, 3.8) is 0 Å². The normalized spacial score (nSPS) is 10.4. The second kappa shape index (κ2) is 5.63. The van der Waals surface area contributed by atoms with Crippen LogP contribution in [0.25, 0.3) is 0 Å². The lowest BCUT2D eigenvalue weighted by Crippen LogP contribution is -2.04. The number of rotatable bonds is 3. The molecule has 0 fully saturated rings. The zero-order valence-corrected chi connectivity index (χ0v) is 11.6. The summed E-state index contributed by atoms with van der Waals surface area (Å²) in [5, 5.41) is 0.585. The summed E-state index contributed by atoms with van der Waals surface area (Å²) >= 11 is 8.89. The maximum atomic E-state index is 13.3. The minimum absolute atomic E-state index is 0.135. The number of hydrogen-bond donors (Lipinski definition) is 0. The first-order valence-electron chi connectivity index (χ1n) is 5.29. The van der Waals surface area contributed by atoms with Gasteiger partial charge in [0.2, 0.25) is 0 Å². The molecule has 0 radical (unpaired) electrons. The van der Waals surface area contributed by atoms with E-state index in [9.17, 15) is 9.18 Å². The lowest BCUT2D eigenvalue weighted by Gasteiger charge is -2.03. The Bertz CT molecular complexity index is 598. The van der Waals surface area contributed by atoms with E-state index in [1.807, 2.05) is 6.07 Å². The number of halogens is 3. The zero-order chi connectivity index (χ0) is 13.1. The molecule has 0 aliphatic carbocycles. The summed E-state index contributed by atoms with van der Waals surface area (Å²) < 4.78 is 13.7. The molecule has 0 atom stereocenters. The van der Waals surface area contributed by atoms with Gasteiger partial charge in [0.25, 0.3) is 0 Å². The number of ketones is 1. The molecule has 2 aromatic rings. The molecular weight excluding hydrogens is 319 g/mol. The van der Waals surface area contributed by atoms with Gasteiger partial charge in [0.05, 0.1) is 4.47 Å². The van der Waals surface area contributed by atoms with Crippen LogP contribution >= 0.6 is 27.5 Å². The maximum absolute atomic E-state index is 13.3. The molecule has 92 valence electrons. The lowest BCUT2D eigenvalue weighted by atomic mass is 10.0. The van der Waals surface area contributed by atoms with E-state index in [2.05, 4.69) is 15.9 Å². The summed E-state index contributed by atoms with van der Waals surface area (Å²) in [6, 6.07) is 11.4.